The number of ether oxygens (including phenoxy) is 2. The van der Waals surface area contributed by atoms with E-state index in [1.165, 1.54) is 12.1 Å². The topological polar surface area (TPSA) is 47.6 Å². The van der Waals surface area contributed by atoms with Crippen LogP contribution in [0.2, 0.25) is 5.02 Å². The second-order valence-electron chi connectivity index (χ2n) is 5.14. The molecule has 0 fully saturated rings. The minimum Gasteiger partial charge on any atom is -0.491 e. The lowest BCUT2D eigenvalue weighted by Crippen LogP contribution is -2.25. The van der Waals surface area contributed by atoms with Gasteiger partial charge in [-0.25, -0.2) is 4.39 Å². The molecule has 24 heavy (non-hydrogen) atoms. The first-order valence-electron chi connectivity index (χ1n) is 7.50. The van der Waals surface area contributed by atoms with Crippen LogP contribution in [0.25, 0.3) is 0 Å². The highest BCUT2D eigenvalue weighted by molar-refractivity contribution is 6.31. The van der Waals surface area contributed by atoms with Crippen molar-refractivity contribution in [1.82, 2.24) is 5.32 Å². The summed E-state index contributed by atoms with van der Waals surface area (Å²) in [5.41, 5.74) is 1.13. The van der Waals surface area contributed by atoms with Crippen LogP contribution in [-0.4, -0.2) is 26.2 Å². The largest absolute Gasteiger partial charge is 0.491 e. The van der Waals surface area contributed by atoms with Crippen LogP contribution < -0.4 is 10.1 Å². The maximum absolute atomic E-state index is 13.7. The van der Waals surface area contributed by atoms with Crippen molar-refractivity contribution in [1.29, 1.82) is 0 Å². The van der Waals surface area contributed by atoms with Gasteiger partial charge >= 0.3 is 0 Å². The van der Waals surface area contributed by atoms with Crippen LogP contribution in [0, 0.1) is 5.82 Å². The Bertz CT molecular complexity index is 656. The van der Waals surface area contributed by atoms with E-state index in [9.17, 15) is 9.18 Å². The lowest BCUT2D eigenvalue weighted by molar-refractivity contribution is -0.120. The smallest absolute Gasteiger partial charge is 0.224 e. The molecule has 0 atom stereocenters. The summed E-state index contributed by atoms with van der Waals surface area (Å²) in [6.45, 7) is 1.36. The summed E-state index contributed by atoms with van der Waals surface area (Å²) in [4.78, 5) is 12.0. The minimum atomic E-state index is -0.477. The van der Waals surface area contributed by atoms with Crippen molar-refractivity contribution in [3.05, 3.63) is 64.4 Å². The molecule has 128 valence electrons. The van der Waals surface area contributed by atoms with Gasteiger partial charge in [0.1, 0.15) is 18.2 Å². The van der Waals surface area contributed by atoms with E-state index in [1.807, 2.05) is 24.3 Å². The third-order valence-corrected chi connectivity index (χ3v) is 3.72. The Kier molecular flexibility index (Phi) is 7.03. The Labute approximate surface area is 145 Å². The molecular formula is C18H19ClFNO3. The zero-order valence-corrected chi connectivity index (χ0v) is 14.1. The van der Waals surface area contributed by atoms with Gasteiger partial charge < -0.3 is 14.8 Å². The van der Waals surface area contributed by atoms with Crippen LogP contribution in [0.3, 0.4) is 0 Å². The predicted molar refractivity (Wildman–Crippen MR) is 90.8 cm³/mol. The zero-order chi connectivity index (χ0) is 17.4. The van der Waals surface area contributed by atoms with Gasteiger partial charge in [-0.2, -0.15) is 0 Å². The second-order valence-corrected chi connectivity index (χ2v) is 5.55. The fourth-order valence-corrected chi connectivity index (χ4v) is 2.30. The number of carbonyl (C=O) groups is 1. The zero-order valence-electron chi connectivity index (χ0n) is 13.4. The summed E-state index contributed by atoms with van der Waals surface area (Å²) in [6, 6.07) is 11.7. The summed E-state index contributed by atoms with van der Waals surface area (Å²) >= 11 is 5.92. The third-order valence-electron chi connectivity index (χ3n) is 3.37. The Morgan fingerprint density at radius 3 is 2.58 bits per heavy atom. The number of hydrogen-bond acceptors (Lipinski definition) is 3. The van der Waals surface area contributed by atoms with E-state index < -0.39 is 5.82 Å². The molecule has 0 saturated heterocycles. The molecule has 0 saturated carbocycles. The van der Waals surface area contributed by atoms with Crippen molar-refractivity contribution < 1.29 is 18.7 Å². The van der Waals surface area contributed by atoms with Crippen LogP contribution in [0.5, 0.6) is 5.75 Å². The molecule has 4 nitrogen and oxygen atoms in total. The number of methoxy groups -OCH3 is 1. The molecule has 0 unspecified atom stereocenters. The standard InChI is InChI=1S/C18H19ClFNO3/c1-23-9-10-24-14-7-5-13(6-8-14)12-21-18(22)11-15-16(19)3-2-4-17(15)20/h2-8H,9-12H2,1H3,(H,21,22). The molecule has 2 aromatic carbocycles. The van der Waals surface area contributed by atoms with Gasteiger partial charge in [0.05, 0.1) is 13.0 Å². The molecule has 0 radical (unpaired) electrons. The summed E-state index contributed by atoms with van der Waals surface area (Å²) in [5.74, 6) is -0.0297. The third kappa shape index (κ3) is 5.51. The summed E-state index contributed by atoms with van der Waals surface area (Å²) in [7, 11) is 1.61. The highest BCUT2D eigenvalue weighted by Crippen LogP contribution is 2.19. The lowest BCUT2D eigenvalue weighted by atomic mass is 10.1. The molecular weight excluding hydrogens is 333 g/mol. The highest BCUT2D eigenvalue weighted by Gasteiger charge is 2.11. The number of halogens is 2. The van der Waals surface area contributed by atoms with Crippen molar-refractivity contribution >= 4 is 17.5 Å². The van der Waals surface area contributed by atoms with E-state index >= 15 is 0 Å². The van der Waals surface area contributed by atoms with E-state index in [2.05, 4.69) is 5.32 Å². The average Bonchev–Trinajstić information content (AvgIpc) is 2.58. The molecule has 0 bridgehead atoms. The molecule has 0 aromatic heterocycles. The molecule has 2 rings (SSSR count). The quantitative estimate of drug-likeness (QED) is 0.742. The normalized spacial score (nSPS) is 10.5. The Morgan fingerprint density at radius 2 is 1.92 bits per heavy atom. The van der Waals surface area contributed by atoms with E-state index in [1.54, 1.807) is 13.2 Å². The first-order valence-corrected chi connectivity index (χ1v) is 7.88. The van der Waals surface area contributed by atoms with Crippen LogP contribution in [0.15, 0.2) is 42.5 Å². The number of rotatable bonds is 8. The SMILES string of the molecule is COCCOc1ccc(CNC(=O)Cc2c(F)cccc2Cl)cc1. The molecule has 0 aliphatic heterocycles. The maximum Gasteiger partial charge on any atom is 0.224 e. The van der Waals surface area contributed by atoms with Gasteiger partial charge in [-0.15, -0.1) is 0 Å². The fraction of sp³-hybridized carbons (Fsp3) is 0.278. The molecule has 0 aliphatic carbocycles. The van der Waals surface area contributed by atoms with Gasteiger partial charge in [0, 0.05) is 24.2 Å². The van der Waals surface area contributed by atoms with Crippen molar-refractivity contribution in [2.75, 3.05) is 20.3 Å². The molecule has 0 aliphatic rings. The van der Waals surface area contributed by atoms with E-state index in [-0.39, 0.29) is 22.9 Å². The number of carbonyl (C=O) groups excluding carboxylic acids is 1. The van der Waals surface area contributed by atoms with Crippen LogP contribution in [-0.2, 0) is 22.5 Å². The van der Waals surface area contributed by atoms with E-state index in [0.717, 1.165) is 11.3 Å². The number of amides is 1. The van der Waals surface area contributed by atoms with Crippen LogP contribution in [0.4, 0.5) is 4.39 Å². The van der Waals surface area contributed by atoms with E-state index in [4.69, 9.17) is 21.1 Å². The summed E-state index contributed by atoms with van der Waals surface area (Å²) in [5, 5.41) is 3.00. The number of hydrogen-bond donors (Lipinski definition) is 1. The molecule has 1 N–H and O–H groups in total. The van der Waals surface area contributed by atoms with Gasteiger partial charge in [0.25, 0.3) is 0 Å². The van der Waals surface area contributed by atoms with Crippen molar-refractivity contribution in [2.24, 2.45) is 0 Å². The lowest BCUT2D eigenvalue weighted by Gasteiger charge is -2.09. The first kappa shape index (κ1) is 18.2. The Morgan fingerprint density at radius 1 is 1.17 bits per heavy atom. The molecule has 0 spiro atoms. The van der Waals surface area contributed by atoms with Gasteiger partial charge in [-0.1, -0.05) is 29.8 Å². The fourth-order valence-electron chi connectivity index (χ4n) is 2.07. The number of nitrogens with one attached hydrogen (secondary N) is 1. The van der Waals surface area contributed by atoms with Gasteiger partial charge in [0.15, 0.2) is 0 Å². The van der Waals surface area contributed by atoms with Gasteiger partial charge in [-0.3, -0.25) is 4.79 Å². The molecule has 1 amide bonds. The summed E-state index contributed by atoms with van der Waals surface area (Å²) < 4.78 is 24.0. The van der Waals surface area contributed by atoms with Crippen molar-refractivity contribution in [3.8, 4) is 5.75 Å². The van der Waals surface area contributed by atoms with E-state index in [0.29, 0.717) is 19.8 Å². The van der Waals surface area contributed by atoms with Gasteiger partial charge in [0.2, 0.25) is 5.91 Å². The Balaban J connectivity index is 1.83. The second kappa shape index (κ2) is 9.25. The van der Waals surface area contributed by atoms with Crippen LogP contribution in [0.1, 0.15) is 11.1 Å². The predicted octanol–water partition coefficient (Wildman–Crippen LogP) is 3.36. The molecule has 0 heterocycles. The van der Waals surface area contributed by atoms with Crippen molar-refractivity contribution in [2.45, 2.75) is 13.0 Å². The minimum absolute atomic E-state index is 0.0935. The molecule has 6 heteroatoms. The average molecular weight is 352 g/mol. The molecule has 2 aromatic rings. The summed E-state index contributed by atoms with van der Waals surface area (Å²) in [6.07, 6.45) is -0.0935. The Hall–Kier alpha value is -2.11. The highest BCUT2D eigenvalue weighted by atomic mass is 35.5. The monoisotopic (exact) mass is 351 g/mol. The van der Waals surface area contributed by atoms with Gasteiger partial charge in [-0.05, 0) is 29.8 Å². The maximum atomic E-state index is 13.7. The van der Waals surface area contributed by atoms with Crippen molar-refractivity contribution in [3.63, 3.8) is 0 Å². The number of benzene rings is 2. The first-order chi connectivity index (χ1) is 11.6. The van der Waals surface area contributed by atoms with Crippen LogP contribution >= 0.6 is 11.6 Å².